The lowest BCUT2D eigenvalue weighted by molar-refractivity contribution is 0.102. The largest absolute Gasteiger partial charge is 0.353 e. The zero-order chi connectivity index (χ0) is 20.1. The first-order valence-electron chi connectivity index (χ1n) is 9.27. The first-order valence-corrected chi connectivity index (χ1v) is 9.27. The van der Waals surface area contributed by atoms with Gasteiger partial charge in [0.25, 0.3) is 5.91 Å². The number of anilines is 3. The highest BCUT2D eigenvalue weighted by molar-refractivity contribution is 6.02. The Labute approximate surface area is 168 Å². The van der Waals surface area contributed by atoms with Gasteiger partial charge in [-0.15, -0.1) is 0 Å². The molecule has 3 heterocycles. The molecule has 8 nitrogen and oxygen atoms in total. The number of carbonyl (C=O) groups excluding carboxylic acids is 1. The lowest BCUT2D eigenvalue weighted by Crippen LogP contribution is -2.47. The summed E-state index contributed by atoms with van der Waals surface area (Å²) in [7, 11) is 0. The second kappa shape index (κ2) is 8.35. The smallest absolute Gasteiger partial charge is 0.275 e. The summed E-state index contributed by atoms with van der Waals surface area (Å²) in [6.45, 7) is 3.29. The number of hydrogen-bond acceptors (Lipinski definition) is 7. The molecular formula is C21H19N7O. The van der Waals surface area contributed by atoms with Crippen LogP contribution in [0.25, 0.3) is 0 Å². The van der Waals surface area contributed by atoms with E-state index in [-0.39, 0.29) is 11.6 Å². The van der Waals surface area contributed by atoms with Crippen LogP contribution in [0.5, 0.6) is 0 Å². The molecule has 1 aliphatic heterocycles. The summed E-state index contributed by atoms with van der Waals surface area (Å²) in [5.74, 6) is 1.36. The summed E-state index contributed by atoms with van der Waals surface area (Å²) in [5.41, 5.74) is 1.25. The quantitative estimate of drug-likeness (QED) is 0.736. The summed E-state index contributed by atoms with van der Waals surface area (Å²) in [6.07, 6.45) is 4.90. The lowest BCUT2D eigenvalue weighted by atomic mass is 10.2. The Morgan fingerprint density at radius 2 is 1.72 bits per heavy atom. The van der Waals surface area contributed by atoms with E-state index >= 15 is 0 Å². The number of nitrogens with zero attached hydrogens (tertiary/aromatic N) is 6. The molecule has 144 valence electrons. The van der Waals surface area contributed by atoms with Crippen LogP contribution < -0.4 is 15.1 Å². The average molecular weight is 385 g/mol. The Kier molecular flexibility index (Phi) is 5.29. The molecule has 0 unspecified atom stereocenters. The van der Waals surface area contributed by atoms with Crippen molar-refractivity contribution in [3.63, 3.8) is 0 Å². The van der Waals surface area contributed by atoms with Crippen molar-refractivity contribution in [3.8, 4) is 6.07 Å². The van der Waals surface area contributed by atoms with Crippen molar-refractivity contribution < 1.29 is 4.79 Å². The number of piperazine rings is 1. The van der Waals surface area contributed by atoms with E-state index in [1.54, 1.807) is 36.7 Å². The van der Waals surface area contributed by atoms with Crippen molar-refractivity contribution >= 4 is 23.2 Å². The highest BCUT2D eigenvalue weighted by atomic mass is 16.1. The third-order valence-electron chi connectivity index (χ3n) is 4.70. The summed E-state index contributed by atoms with van der Waals surface area (Å²) < 4.78 is 0. The number of aromatic nitrogens is 3. The number of benzene rings is 1. The minimum atomic E-state index is -0.362. The van der Waals surface area contributed by atoms with Crippen molar-refractivity contribution in [1.82, 2.24) is 15.0 Å². The zero-order valence-electron chi connectivity index (χ0n) is 15.7. The Morgan fingerprint density at radius 1 is 0.931 bits per heavy atom. The molecule has 0 saturated carbocycles. The van der Waals surface area contributed by atoms with Gasteiger partial charge < -0.3 is 15.1 Å². The van der Waals surface area contributed by atoms with E-state index in [0.717, 1.165) is 37.8 Å². The standard InChI is InChI=1S/C21H19N7O/c22-13-16-4-3-5-17(12-16)26-21(29)18-14-25-20(15-24-18)28-10-8-27(9-11-28)19-6-1-2-7-23-19/h1-7,12,14-15H,8-11H2,(H,26,29). The van der Waals surface area contributed by atoms with Crippen molar-refractivity contribution in [3.05, 3.63) is 72.3 Å². The second-order valence-electron chi connectivity index (χ2n) is 6.57. The number of carbonyl (C=O) groups is 1. The topological polar surface area (TPSA) is 98.0 Å². The molecule has 0 radical (unpaired) electrons. The molecule has 1 fully saturated rings. The van der Waals surface area contributed by atoms with E-state index in [1.165, 1.54) is 6.20 Å². The molecular weight excluding hydrogens is 366 g/mol. The van der Waals surface area contributed by atoms with Gasteiger partial charge in [-0.1, -0.05) is 12.1 Å². The van der Waals surface area contributed by atoms with E-state index in [0.29, 0.717) is 11.3 Å². The molecule has 2 aromatic heterocycles. The van der Waals surface area contributed by atoms with E-state index in [9.17, 15) is 4.79 Å². The average Bonchev–Trinajstić information content (AvgIpc) is 2.80. The predicted molar refractivity (Wildman–Crippen MR) is 110 cm³/mol. The van der Waals surface area contributed by atoms with Gasteiger partial charge in [0.2, 0.25) is 0 Å². The van der Waals surface area contributed by atoms with E-state index in [4.69, 9.17) is 5.26 Å². The number of pyridine rings is 1. The van der Waals surface area contributed by atoms with Crippen molar-refractivity contribution in [2.45, 2.75) is 0 Å². The number of nitriles is 1. The Balaban J connectivity index is 1.37. The number of rotatable bonds is 4. The van der Waals surface area contributed by atoms with Crippen LogP contribution in [0, 0.1) is 11.3 Å². The fraction of sp³-hybridized carbons (Fsp3) is 0.190. The molecule has 0 bridgehead atoms. The molecule has 3 aromatic rings. The SMILES string of the molecule is N#Cc1cccc(NC(=O)c2cnc(N3CCN(c4ccccn4)CC3)cn2)c1. The van der Waals surface area contributed by atoms with Crippen LogP contribution in [0.2, 0.25) is 0 Å². The fourth-order valence-corrected chi connectivity index (χ4v) is 3.17. The van der Waals surface area contributed by atoms with Gasteiger partial charge in [0, 0.05) is 38.1 Å². The van der Waals surface area contributed by atoms with Crippen LogP contribution in [-0.2, 0) is 0 Å². The zero-order valence-corrected chi connectivity index (χ0v) is 15.7. The van der Waals surface area contributed by atoms with Gasteiger partial charge in [-0.3, -0.25) is 4.79 Å². The van der Waals surface area contributed by atoms with E-state index in [2.05, 4.69) is 30.1 Å². The number of amides is 1. The van der Waals surface area contributed by atoms with Gasteiger partial charge in [0.1, 0.15) is 17.3 Å². The van der Waals surface area contributed by atoms with Gasteiger partial charge in [-0.05, 0) is 30.3 Å². The monoisotopic (exact) mass is 385 g/mol. The fourth-order valence-electron chi connectivity index (χ4n) is 3.17. The predicted octanol–water partition coefficient (Wildman–Crippen LogP) is 2.32. The summed E-state index contributed by atoms with van der Waals surface area (Å²) in [4.78, 5) is 29.8. The molecule has 0 atom stereocenters. The maximum absolute atomic E-state index is 12.4. The molecule has 1 aromatic carbocycles. The minimum Gasteiger partial charge on any atom is -0.353 e. The maximum Gasteiger partial charge on any atom is 0.275 e. The maximum atomic E-state index is 12.4. The summed E-state index contributed by atoms with van der Waals surface area (Å²) in [5, 5.41) is 11.7. The first kappa shape index (κ1) is 18.4. The van der Waals surface area contributed by atoms with Crippen LogP contribution in [0.3, 0.4) is 0 Å². The van der Waals surface area contributed by atoms with Crippen molar-refractivity contribution in [2.75, 3.05) is 41.3 Å². The van der Waals surface area contributed by atoms with Gasteiger partial charge in [0.05, 0.1) is 24.0 Å². The second-order valence-corrected chi connectivity index (χ2v) is 6.57. The molecule has 1 amide bonds. The first-order chi connectivity index (χ1) is 14.2. The van der Waals surface area contributed by atoms with Crippen LogP contribution >= 0.6 is 0 Å². The van der Waals surface area contributed by atoms with Crippen LogP contribution in [0.4, 0.5) is 17.3 Å². The summed E-state index contributed by atoms with van der Waals surface area (Å²) in [6, 6.07) is 14.7. The highest BCUT2D eigenvalue weighted by Gasteiger charge is 2.19. The third kappa shape index (κ3) is 4.30. The van der Waals surface area contributed by atoms with Crippen LogP contribution in [0.15, 0.2) is 61.1 Å². The Morgan fingerprint density at radius 3 is 2.38 bits per heavy atom. The molecule has 0 spiro atoms. The molecule has 4 rings (SSSR count). The highest BCUT2D eigenvalue weighted by Crippen LogP contribution is 2.17. The van der Waals surface area contributed by atoms with Crippen LogP contribution in [0.1, 0.15) is 16.1 Å². The summed E-state index contributed by atoms with van der Waals surface area (Å²) >= 11 is 0. The molecule has 1 N–H and O–H groups in total. The molecule has 29 heavy (non-hydrogen) atoms. The molecule has 0 aliphatic carbocycles. The molecule has 8 heteroatoms. The minimum absolute atomic E-state index is 0.225. The molecule has 1 saturated heterocycles. The lowest BCUT2D eigenvalue weighted by Gasteiger charge is -2.35. The Hall–Kier alpha value is -3.99. The van der Waals surface area contributed by atoms with Gasteiger partial charge in [-0.2, -0.15) is 5.26 Å². The van der Waals surface area contributed by atoms with Crippen LogP contribution in [-0.4, -0.2) is 47.0 Å². The molecule has 1 aliphatic rings. The third-order valence-corrected chi connectivity index (χ3v) is 4.70. The Bertz CT molecular complexity index is 1020. The van der Waals surface area contributed by atoms with Crippen molar-refractivity contribution in [1.29, 1.82) is 5.26 Å². The van der Waals surface area contributed by atoms with E-state index < -0.39 is 0 Å². The normalized spacial score (nSPS) is 13.6. The number of hydrogen-bond donors (Lipinski definition) is 1. The van der Waals surface area contributed by atoms with Gasteiger partial charge >= 0.3 is 0 Å². The van der Waals surface area contributed by atoms with Crippen molar-refractivity contribution in [2.24, 2.45) is 0 Å². The van der Waals surface area contributed by atoms with Gasteiger partial charge in [-0.25, -0.2) is 15.0 Å². The van der Waals surface area contributed by atoms with Gasteiger partial charge in [0.15, 0.2) is 0 Å². The number of nitrogens with one attached hydrogen (secondary N) is 1. The van der Waals surface area contributed by atoms with E-state index in [1.807, 2.05) is 24.3 Å².